The lowest BCUT2D eigenvalue weighted by Gasteiger charge is -2.37. The molecular formula is C39H54N6O6. The second kappa shape index (κ2) is 18.0. The van der Waals surface area contributed by atoms with Crippen molar-refractivity contribution in [2.75, 3.05) is 40.8 Å². The second-order valence-electron chi connectivity index (χ2n) is 13.9. The van der Waals surface area contributed by atoms with Crippen molar-refractivity contribution in [1.29, 1.82) is 0 Å². The third-order valence-electron chi connectivity index (χ3n) is 10.4. The highest BCUT2D eigenvalue weighted by Gasteiger charge is 2.42. The molecule has 1 N–H and O–H groups in total. The average molecular weight is 703 g/mol. The molecule has 4 rings (SSSR count). The van der Waals surface area contributed by atoms with Gasteiger partial charge in [-0.05, 0) is 57.1 Å². The molecular weight excluding hydrogens is 648 g/mol. The number of nitrogens with zero attached hydrogens (tertiary/aromatic N) is 5. The molecule has 0 spiro atoms. The van der Waals surface area contributed by atoms with Crippen LogP contribution in [0.25, 0.3) is 0 Å². The molecule has 2 aliphatic heterocycles. The number of carbonyl (C=O) groups is 6. The summed E-state index contributed by atoms with van der Waals surface area (Å²) >= 11 is 0. The van der Waals surface area contributed by atoms with Crippen LogP contribution in [0, 0.1) is 0 Å². The smallest absolute Gasteiger partial charge is 0.246 e. The summed E-state index contributed by atoms with van der Waals surface area (Å²) in [4.78, 5) is 88.9. The Morgan fingerprint density at radius 1 is 0.706 bits per heavy atom. The van der Waals surface area contributed by atoms with E-state index in [9.17, 15) is 28.8 Å². The lowest BCUT2D eigenvalue weighted by atomic mass is 10.0. The highest BCUT2D eigenvalue weighted by atomic mass is 16.2. The van der Waals surface area contributed by atoms with Crippen molar-refractivity contribution >= 4 is 35.4 Å². The third kappa shape index (κ3) is 9.74. The first-order valence-corrected chi connectivity index (χ1v) is 18.1. The van der Waals surface area contributed by atoms with Crippen molar-refractivity contribution < 1.29 is 28.8 Å². The summed E-state index contributed by atoms with van der Waals surface area (Å²) < 4.78 is 0. The van der Waals surface area contributed by atoms with E-state index in [2.05, 4.69) is 5.32 Å². The van der Waals surface area contributed by atoms with E-state index in [1.165, 1.54) is 26.5 Å². The average Bonchev–Trinajstić information content (AvgIpc) is 3.65. The number of benzene rings is 2. The topological polar surface area (TPSA) is 131 Å². The molecule has 0 aliphatic carbocycles. The molecule has 5 atom stereocenters. The van der Waals surface area contributed by atoms with Gasteiger partial charge < -0.3 is 29.8 Å². The van der Waals surface area contributed by atoms with Gasteiger partial charge in [-0.1, -0.05) is 60.7 Å². The van der Waals surface area contributed by atoms with E-state index >= 15 is 0 Å². The van der Waals surface area contributed by atoms with Crippen LogP contribution in [0.3, 0.4) is 0 Å². The van der Waals surface area contributed by atoms with Crippen molar-refractivity contribution in [3.05, 3.63) is 71.8 Å². The molecule has 0 aromatic heterocycles. The fourth-order valence-electron chi connectivity index (χ4n) is 6.96. The fourth-order valence-corrected chi connectivity index (χ4v) is 6.96. The first-order chi connectivity index (χ1) is 24.3. The van der Waals surface area contributed by atoms with E-state index in [0.717, 1.165) is 30.4 Å². The molecule has 0 bridgehead atoms. The maximum Gasteiger partial charge on any atom is 0.246 e. The molecule has 2 heterocycles. The van der Waals surface area contributed by atoms with Gasteiger partial charge in [-0.3, -0.25) is 28.8 Å². The van der Waals surface area contributed by atoms with Crippen molar-refractivity contribution in [3.8, 4) is 0 Å². The fraction of sp³-hybridized carbons (Fsp3) is 0.538. The number of likely N-dealkylation sites (tertiary alicyclic amines) is 2. The normalized spacial score (nSPS) is 18.2. The van der Waals surface area contributed by atoms with Crippen molar-refractivity contribution in [1.82, 2.24) is 29.8 Å². The summed E-state index contributed by atoms with van der Waals surface area (Å²) in [6.07, 6.45) is 4.44. The van der Waals surface area contributed by atoms with Gasteiger partial charge in [0.2, 0.25) is 35.4 Å². The molecule has 12 heteroatoms. The van der Waals surface area contributed by atoms with E-state index in [1.54, 1.807) is 39.9 Å². The van der Waals surface area contributed by atoms with Crippen LogP contribution in [0.5, 0.6) is 0 Å². The molecule has 2 saturated heterocycles. The summed E-state index contributed by atoms with van der Waals surface area (Å²) in [5, 5.41) is 2.87. The molecule has 12 nitrogen and oxygen atoms in total. The maximum atomic E-state index is 14.2. The molecule has 2 fully saturated rings. The number of nitrogens with one attached hydrogen (secondary N) is 1. The molecule has 2 aromatic carbocycles. The van der Waals surface area contributed by atoms with E-state index in [4.69, 9.17) is 0 Å². The summed E-state index contributed by atoms with van der Waals surface area (Å²) in [6, 6.07) is 14.5. The predicted octanol–water partition coefficient (Wildman–Crippen LogP) is 2.50. The number of rotatable bonds is 13. The van der Waals surface area contributed by atoms with Crippen LogP contribution in [0.2, 0.25) is 0 Å². The quantitative estimate of drug-likeness (QED) is 0.342. The van der Waals surface area contributed by atoms with E-state index < -0.39 is 36.1 Å². The van der Waals surface area contributed by atoms with Crippen LogP contribution in [0.1, 0.15) is 64.0 Å². The zero-order chi connectivity index (χ0) is 37.2. The molecule has 0 unspecified atom stereocenters. The number of hydrogen-bond acceptors (Lipinski definition) is 6. The Hall–Kier alpha value is -4.74. The SMILES string of the molecule is CC(=O)N(C)[C@@H](Cc1ccccc1)C(=O)N(C)[C@@H](C)C(=O)N1CCC[C@H]1C(=O)N(C)[C@@H](Cc1ccccc1)C(=O)N[C@@H](C)C(=O)N1CCCCC1. The minimum absolute atomic E-state index is 0.142. The van der Waals surface area contributed by atoms with Gasteiger partial charge in [-0.2, -0.15) is 0 Å². The Labute approximate surface area is 302 Å². The van der Waals surface area contributed by atoms with Gasteiger partial charge >= 0.3 is 0 Å². The lowest BCUT2D eigenvalue weighted by Crippen LogP contribution is -2.59. The van der Waals surface area contributed by atoms with Crippen LogP contribution in [-0.4, -0.2) is 131 Å². The van der Waals surface area contributed by atoms with Gasteiger partial charge in [0.1, 0.15) is 30.2 Å². The highest BCUT2D eigenvalue weighted by Crippen LogP contribution is 2.24. The van der Waals surface area contributed by atoms with E-state index in [1.807, 2.05) is 60.7 Å². The molecule has 51 heavy (non-hydrogen) atoms. The summed E-state index contributed by atoms with van der Waals surface area (Å²) in [6.45, 7) is 6.35. The second-order valence-corrected chi connectivity index (χ2v) is 13.9. The van der Waals surface area contributed by atoms with Gasteiger partial charge in [0.15, 0.2) is 0 Å². The third-order valence-corrected chi connectivity index (χ3v) is 10.4. The van der Waals surface area contributed by atoms with Crippen LogP contribution in [-0.2, 0) is 41.6 Å². The standard InChI is InChI=1S/C39H54N6O6/c1-27(36(48)44-22-14-9-15-23-44)40-35(47)33(25-30-17-10-7-11-18-30)43(6)38(50)32-21-16-24-45(32)37(49)28(2)41(4)39(51)34(42(5)29(3)46)26-31-19-12-8-13-20-31/h7-8,10-13,17-20,27-28,32-34H,9,14-16,21-26H2,1-6H3,(H,40,47)/t27-,28-,32-,33-,34-/m0/s1. The van der Waals surface area contributed by atoms with Crippen LogP contribution < -0.4 is 5.32 Å². The van der Waals surface area contributed by atoms with Gasteiger partial charge in [0, 0.05) is 60.5 Å². The Morgan fingerprint density at radius 2 is 1.25 bits per heavy atom. The van der Waals surface area contributed by atoms with Crippen LogP contribution >= 0.6 is 0 Å². The number of amides is 6. The van der Waals surface area contributed by atoms with Gasteiger partial charge in [0.05, 0.1) is 0 Å². The monoisotopic (exact) mass is 702 g/mol. The Bertz CT molecular complexity index is 1530. The number of carbonyl (C=O) groups excluding carboxylic acids is 6. The molecule has 0 saturated carbocycles. The zero-order valence-corrected chi connectivity index (χ0v) is 30.9. The van der Waals surface area contributed by atoms with E-state index in [0.29, 0.717) is 32.5 Å². The predicted molar refractivity (Wildman–Crippen MR) is 194 cm³/mol. The summed E-state index contributed by atoms with van der Waals surface area (Å²) in [5.74, 6) is -2.01. The summed E-state index contributed by atoms with van der Waals surface area (Å²) in [7, 11) is 4.69. The minimum atomic E-state index is -0.934. The minimum Gasteiger partial charge on any atom is -0.343 e. The molecule has 6 amide bonds. The number of hydrogen-bond donors (Lipinski definition) is 1. The Morgan fingerprint density at radius 3 is 1.80 bits per heavy atom. The van der Waals surface area contributed by atoms with Crippen molar-refractivity contribution in [3.63, 3.8) is 0 Å². The Kier molecular flexibility index (Phi) is 13.8. The first-order valence-electron chi connectivity index (χ1n) is 18.1. The zero-order valence-electron chi connectivity index (χ0n) is 30.9. The number of piperidine rings is 1. The molecule has 2 aromatic rings. The van der Waals surface area contributed by atoms with Crippen LogP contribution in [0.15, 0.2) is 60.7 Å². The van der Waals surface area contributed by atoms with Gasteiger partial charge in [-0.15, -0.1) is 0 Å². The Balaban J connectivity index is 1.49. The number of likely N-dealkylation sites (N-methyl/N-ethyl adjacent to an activating group) is 3. The molecule has 2 aliphatic rings. The largest absolute Gasteiger partial charge is 0.343 e. The molecule has 276 valence electrons. The van der Waals surface area contributed by atoms with Crippen molar-refractivity contribution in [2.24, 2.45) is 0 Å². The maximum absolute atomic E-state index is 14.2. The van der Waals surface area contributed by atoms with Gasteiger partial charge in [-0.25, -0.2) is 0 Å². The van der Waals surface area contributed by atoms with E-state index in [-0.39, 0.29) is 42.4 Å². The van der Waals surface area contributed by atoms with Crippen LogP contribution in [0.4, 0.5) is 0 Å². The van der Waals surface area contributed by atoms with Gasteiger partial charge in [0.25, 0.3) is 0 Å². The lowest BCUT2D eigenvalue weighted by molar-refractivity contribution is -0.152. The summed E-state index contributed by atoms with van der Waals surface area (Å²) in [5.41, 5.74) is 1.73. The highest BCUT2D eigenvalue weighted by molar-refractivity contribution is 5.96. The molecule has 0 radical (unpaired) electrons. The first kappa shape index (κ1) is 39.1. The van der Waals surface area contributed by atoms with Crippen molar-refractivity contribution in [2.45, 2.75) is 95.9 Å².